The normalized spacial score (nSPS) is 18.3. The topological polar surface area (TPSA) is 82.5 Å². The van der Waals surface area contributed by atoms with E-state index in [1.54, 1.807) is 11.8 Å². The third-order valence-corrected chi connectivity index (χ3v) is 5.16. The van der Waals surface area contributed by atoms with Crippen LogP contribution < -0.4 is 0 Å². The van der Waals surface area contributed by atoms with Gasteiger partial charge in [0.15, 0.2) is 5.82 Å². The summed E-state index contributed by atoms with van der Waals surface area (Å²) in [6.45, 7) is 8.26. The fourth-order valence-corrected chi connectivity index (χ4v) is 3.62. The molecule has 3 rings (SSSR count). The third-order valence-electron chi connectivity index (χ3n) is 4.13. The first-order chi connectivity index (χ1) is 10.9. The number of nitrogens with zero attached hydrogens (tertiary/aromatic N) is 6. The van der Waals surface area contributed by atoms with Gasteiger partial charge < -0.3 is 4.52 Å². The predicted octanol–water partition coefficient (Wildman–Crippen LogP) is 3.71. The van der Waals surface area contributed by atoms with Gasteiger partial charge in [0.1, 0.15) is 0 Å². The second-order valence-electron chi connectivity index (χ2n) is 7.16. The maximum Gasteiger partial charge on any atom is 0.239 e. The first kappa shape index (κ1) is 16.4. The molecule has 1 unspecified atom stereocenters. The molecule has 1 saturated carbocycles. The molecule has 0 radical (unpaired) electrons. The van der Waals surface area contributed by atoms with E-state index in [1.807, 2.05) is 11.6 Å². The minimum Gasteiger partial charge on any atom is -0.338 e. The van der Waals surface area contributed by atoms with Gasteiger partial charge in [0.2, 0.25) is 11.0 Å². The van der Waals surface area contributed by atoms with Crippen LogP contribution in [0.15, 0.2) is 9.68 Å². The van der Waals surface area contributed by atoms with E-state index in [0.29, 0.717) is 11.9 Å². The number of hydrogen-bond acceptors (Lipinski definition) is 7. The van der Waals surface area contributed by atoms with Crippen LogP contribution in [0.5, 0.6) is 0 Å². The first-order valence-electron chi connectivity index (χ1n) is 8.24. The molecule has 2 aromatic rings. The van der Waals surface area contributed by atoms with Crippen LogP contribution in [0.3, 0.4) is 0 Å². The molecule has 7 nitrogen and oxygen atoms in total. The van der Waals surface area contributed by atoms with Crippen molar-refractivity contribution in [3.05, 3.63) is 11.7 Å². The van der Waals surface area contributed by atoms with E-state index in [2.05, 4.69) is 46.4 Å². The molecule has 8 heteroatoms. The summed E-state index contributed by atoms with van der Waals surface area (Å²) < 4.78 is 7.40. The van der Waals surface area contributed by atoms with Crippen molar-refractivity contribution in [1.82, 2.24) is 30.3 Å². The van der Waals surface area contributed by atoms with Gasteiger partial charge in [-0.15, -0.1) is 5.10 Å². The molecule has 1 atom stereocenters. The predicted molar refractivity (Wildman–Crippen MR) is 87.2 cm³/mol. The van der Waals surface area contributed by atoms with Gasteiger partial charge in [-0.05, 0) is 30.2 Å². The van der Waals surface area contributed by atoms with E-state index < -0.39 is 0 Å². The Balaban J connectivity index is 1.72. The molecule has 0 aromatic carbocycles. The average Bonchev–Trinajstić information content (AvgIpc) is 3.16. The van der Waals surface area contributed by atoms with Crippen molar-refractivity contribution in [2.24, 2.45) is 0 Å². The second-order valence-corrected chi connectivity index (χ2v) is 8.47. The van der Waals surface area contributed by atoms with Gasteiger partial charge in [0.05, 0.1) is 11.3 Å². The maximum atomic E-state index is 5.43. The molecule has 23 heavy (non-hydrogen) atoms. The SMILES string of the molecule is CC(Sc1nnnn1C1CCCCC1)c1nc(C(C)(C)C)no1. The van der Waals surface area contributed by atoms with Crippen LogP contribution in [-0.4, -0.2) is 30.3 Å². The van der Waals surface area contributed by atoms with Crippen LogP contribution in [0.25, 0.3) is 0 Å². The van der Waals surface area contributed by atoms with E-state index in [4.69, 9.17) is 4.52 Å². The van der Waals surface area contributed by atoms with Gasteiger partial charge in [0, 0.05) is 5.41 Å². The summed E-state index contributed by atoms with van der Waals surface area (Å²) in [7, 11) is 0. The molecule has 0 saturated heterocycles. The molecule has 1 aliphatic carbocycles. The first-order valence-corrected chi connectivity index (χ1v) is 9.11. The monoisotopic (exact) mass is 336 g/mol. The van der Waals surface area contributed by atoms with Crippen molar-refractivity contribution in [1.29, 1.82) is 0 Å². The number of tetrazole rings is 1. The summed E-state index contributed by atoms with van der Waals surface area (Å²) in [4.78, 5) is 4.53. The van der Waals surface area contributed by atoms with Crippen molar-refractivity contribution in [3.8, 4) is 0 Å². The summed E-state index contributed by atoms with van der Waals surface area (Å²) >= 11 is 1.58. The van der Waals surface area contributed by atoms with E-state index >= 15 is 0 Å². The lowest BCUT2D eigenvalue weighted by Crippen LogP contribution is -2.15. The van der Waals surface area contributed by atoms with Crippen molar-refractivity contribution in [2.45, 2.75) is 81.7 Å². The molecular weight excluding hydrogens is 312 g/mol. The van der Waals surface area contributed by atoms with Crippen LogP contribution in [0.4, 0.5) is 0 Å². The fourth-order valence-electron chi connectivity index (χ4n) is 2.73. The number of aromatic nitrogens is 6. The standard InChI is InChI=1S/C15H24N6OS/c1-10(12-16-13(18-22-12)15(2,3)4)23-14-17-19-20-21(14)11-8-6-5-7-9-11/h10-11H,5-9H2,1-4H3. The zero-order chi connectivity index (χ0) is 16.4. The Morgan fingerprint density at radius 2 is 1.96 bits per heavy atom. The largest absolute Gasteiger partial charge is 0.338 e. The number of hydrogen-bond donors (Lipinski definition) is 0. The van der Waals surface area contributed by atoms with Gasteiger partial charge >= 0.3 is 0 Å². The van der Waals surface area contributed by atoms with Crippen molar-refractivity contribution in [3.63, 3.8) is 0 Å². The Hall–Kier alpha value is -1.44. The summed E-state index contributed by atoms with van der Waals surface area (Å²) in [5.74, 6) is 1.35. The van der Waals surface area contributed by atoms with Gasteiger partial charge in [-0.25, -0.2) is 4.68 Å². The Morgan fingerprint density at radius 1 is 1.22 bits per heavy atom. The highest BCUT2D eigenvalue weighted by Gasteiger charge is 2.26. The van der Waals surface area contributed by atoms with Crippen LogP contribution in [0.1, 0.15) is 82.8 Å². The second kappa shape index (κ2) is 6.59. The molecule has 0 spiro atoms. The summed E-state index contributed by atoms with van der Waals surface area (Å²) in [6.07, 6.45) is 6.13. The lowest BCUT2D eigenvalue weighted by molar-refractivity contribution is 0.307. The number of rotatable bonds is 4. The molecule has 1 aliphatic rings. The smallest absolute Gasteiger partial charge is 0.239 e. The Kier molecular flexibility index (Phi) is 4.70. The minimum atomic E-state index is -0.115. The van der Waals surface area contributed by atoms with Crippen LogP contribution in [-0.2, 0) is 5.41 Å². The van der Waals surface area contributed by atoms with Crippen LogP contribution >= 0.6 is 11.8 Å². The third kappa shape index (κ3) is 3.73. The van der Waals surface area contributed by atoms with Crippen LogP contribution in [0, 0.1) is 0 Å². The zero-order valence-electron chi connectivity index (χ0n) is 14.2. The molecule has 0 N–H and O–H groups in total. The van der Waals surface area contributed by atoms with Gasteiger partial charge in [-0.1, -0.05) is 57.0 Å². The Morgan fingerprint density at radius 3 is 2.61 bits per heavy atom. The quantitative estimate of drug-likeness (QED) is 0.787. The Labute approximate surface area is 140 Å². The molecule has 2 heterocycles. The molecule has 126 valence electrons. The molecule has 2 aromatic heterocycles. The van der Waals surface area contributed by atoms with Gasteiger partial charge in [-0.3, -0.25) is 0 Å². The molecule has 1 fully saturated rings. The van der Waals surface area contributed by atoms with Crippen molar-refractivity contribution >= 4 is 11.8 Å². The highest BCUT2D eigenvalue weighted by atomic mass is 32.2. The molecular formula is C15H24N6OS. The minimum absolute atomic E-state index is 0.0203. The zero-order valence-corrected chi connectivity index (χ0v) is 15.0. The lowest BCUT2D eigenvalue weighted by Gasteiger charge is -2.22. The summed E-state index contributed by atoms with van der Waals surface area (Å²) in [5, 5.41) is 17.2. The summed E-state index contributed by atoms with van der Waals surface area (Å²) in [6, 6.07) is 0.418. The highest BCUT2D eigenvalue weighted by Crippen LogP contribution is 2.36. The van der Waals surface area contributed by atoms with Crippen LogP contribution in [0.2, 0.25) is 0 Å². The van der Waals surface area contributed by atoms with Gasteiger partial charge in [0.25, 0.3) is 0 Å². The van der Waals surface area contributed by atoms with Gasteiger partial charge in [-0.2, -0.15) is 4.98 Å². The summed E-state index contributed by atoms with van der Waals surface area (Å²) in [5.41, 5.74) is -0.115. The molecule has 0 amide bonds. The van der Waals surface area contributed by atoms with E-state index in [1.165, 1.54) is 19.3 Å². The number of thioether (sulfide) groups is 1. The molecule has 0 bridgehead atoms. The average molecular weight is 336 g/mol. The fraction of sp³-hybridized carbons (Fsp3) is 0.800. The lowest BCUT2D eigenvalue weighted by atomic mass is 9.96. The van der Waals surface area contributed by atoms with E-state index in [9.17, 15) is 0 Å². The van der Waals surface area contributed by atoms with Crippen molar-refractivity contribution < 1.29 is 4.52 Å². The van der Waals surface area contributed by atoms with E-state index in [0.717, 1.165) is 23.8 Å². The molecule has 0 aliphatic heterocycles. The Bertz CT molecular complexity index is 640. The van der Waals surface area contributed by atoms with E-state index in [-0.39, 0.29) is 10.7 Å². The highest BCUT2D eigenvalue weighted by molar-refractivity contribution is 7.99. The maximum absolute atomic E-state index is 5.43. The van der Waals surface area contributed by atoms with Crippen molar-refractivity contribution in [2.75, 3.05) is 0 Å².